The van der Waals surface area contributed by atoms with Gasteiger partial charge >= 0.3 is 0 Å². The molecule has 70 valence electrons. The van der Waals surface area contributed by atoms with E-state index < -0.39 is 0 Å². The summed E-state index contributed by atoms with van der Waals surface area (Å²) in [6.45, 7) is 0. The lowest BCUT2D eigenvalue weighted by atomic mass is 10.1. The van der Waals surface area contributed by atoms with Crippen LogP contribution in [0.15, 0.2) is 41.3 Å². The van der Waals surface area contributed by atoms with Gasteiger partial charge in [0.15, 0.2) is 5.76 Å². The normalized spacial score (nSPS) is 13.6. The first-order valence-electron chi connectivity index (χ1n) is 4.19. The van der Waals surface area contributed by atoms with Gasteiger partial charge in [-0.3, -0.25) is 5.41 Å². The van der Waals surface area contributed by atoms with E-state index in [0.717, 1.165) is 5.56 Å². The molecule has 0 saturated carbocycles. The molecule has 0 saturated heterocycles. The van der Waals surface area contributed by atoms with Crippen LogP contribution in [0.3, 0.4) is 0 Å². The highest BCUT2D eigenvalue weighted by Crippen LogP contribution is 2.25. The molecule has 0 fully saturated rings. The molecule has 0 amide bonds. The minimum absolute atomic E-state index is 0.235. The topological polar surface area (TPSA) is 62.5 Å². The quantitative estimate of drug-likeness (QED) is 0.417. The van der Waals surface area contributed by atoms with Gasteiger partial charge in [0.25, 0.3) is 0 Å². The van der Waals surface area contributed by atoms with Gasteiger partial charge in [-0.15, -0.1) is 4.91 Å². The van der Waals surface area contributed by atoms with Crippen molar-refractivity contribution in [2.24, 2.45) is 5.18 Å². The smallest absolute Gasteiger partial charge is 0.231 e. The van der Waals surface area contributed by atoms with Crippen LogP contribution in [-0.2, 0) is 6.42 Å². The van der Waals surface area contributed by atoms with E-state index in [1.54, 1.807) is 12.1 Å². The van der Waals surface area contributed by atoms with Gasteiger partial charge in [-0.05, 0) is 29.3 Å². The molecule has 4 heteroatoms. The Hall–Kier alpha value is -1.97. The standard InChI is InChI=1S/C10H8N2O2/c11-10(12-13)9-6-5-7-3-1-2-4-8(7)14-9/h1-4,6,11H,5H2. The fourth-order valence-electron chi connectivity index (χ4n) is 1.32. The van der Waals surface area contributed by atoms with Crippen molar-refractivity contribution in [2.75, 3.05) is 0 Å². The number of hydrogen-bond donors (Lipinski definition) is 1. The van der Waals surface area contributed by atoms with Crippen molar-refractivity contribution in [3.8, 4) is 5.75 Å². The van der Waals surface area contributed by atoms with Crippen molar-refractivity contribution >= 4 is 5.84 Å². The van der Waals surface area contributed by atoms with Crippen LogP contribution < -0.4 is 4.74 Å². The SMILES string of the molecule is N=C(N=O)C1=CCc2ccccc2O1. The van der Waals surface area contributed by atoms with Crippen molar-refractivity contribution in [1.82, 2.24) is 0 Å². The lowest BCUT2D eigenvalue weighted by Crippen LogP contribution is -2.10. The number of para-hydroxylation sites is 1. The van der Waals surface area contributed by atoms with Crippen molar-refractivity contribution in [3.63, 3.8) is 0 Å². The van der Waals surface area contributed by atoms with Gasteiger partial charge in [-0.1, -0.05) is 18.2 Å². The van der Waals surface area contributed by atoms with Crippen LogP contribution in [0.5, 0.6) is 5.75 Å². The molecule has 0 unspecified atom stereocenters. The van der Waals surface area contributed by atoms with E-state index in [4.69, 9.17) is 10.1 Å². The Bertz CT molecular complexity index is 424. The molecule has 0 bridgehead atoms. The monoisotopic (exact) mass is 188 g/mol. The number of allylic oxidation sites excluding steroid dienone is 1. The van der Waals surface area contributed by atoms with Gasteiger partial charge in [0.2, 0.25) is 5.84 Å². The molecular formula is C10H8N2O2. The molecular weight excluding hydrogens is 180 g/mol. The minimum atomic E-state index is -0.362. The molecule has 1 aromatic carbocycles. The molecule has 1 aromatic rings. The van der Waals surface area contributed by atoms with Crippen LogP contribution in [0.25, 0.3) is 0 Å². The summed E-state index contributed by atoms with van der Waals surface area (Å²) in [6.07, 6.45) is 2.36. The van der Waals surface area contributed by atoms with Gasteiger partial charge in [-0.2, -0.15) is 0 Å². The summed E-state index contributed by atoms with van der Waals surface area (Å²) in [6, 6.07) is 7.52. The Morgan fingerprint density at radius 2 is 2.21 bits per heavy atom. The van der Waals surface area contributed by atoms with E-state index >= 15 is 0 Å². The number of hydrogen-bond acceptors (Lipinski definition) is 3. The summed E-state index contributed by atoms with van der Waals surface area (Å²) < 4.78 is 5.33. The van der Waals surface area contributed by atoms with Crippen LogP contribution in [0.4, 0.5) is 0 Å². The predicted molar refractivity (Wildman–Crippen MR) is 52.4 cm³/mol. The molecule has 1 aliphatic rings. The summed E-state index contributed by atoms with van der Waals surface area (Å²) in [5.74, 6) is 0.566. The molecule has 14 heavy (non-hydrogen) atoms. The summed E-state index contributed by atoms with van der Waals surface area (Å²) in [5.41, 5.74) is 1.05. The number of nitrogens with one attached hydrogen (secondary N) is 1. The van der Waals surface area contributed by atoms with Crippen LogP contribution >= 0.6 is 0 Å². The maximum absolute atomic E-state index is 10.1. The minimum Gasteiger partial charge on any atom is -0.453 e. The Morgan fingerprint density at radius 1 is 1.43 bits per heavy atom. The van der Waals surface area contributed by atoms with Crippen molar-refractivity contribution in [3.05, 3.63) is 46.6 Å². The maximum atomic E-state index is 10.1. The maximum Gasteiger partial charge on any atom is 0.231 e. The molecule has 0 atom stereocenters. The molecule has 0 radical (unpaired) electrons. The number of benzene rings is 1. The third-order valence-corrected chi connectivity index (χ3v) is 2.02. The zero-order valence-corrected chi connectivity index (χ0v) is 7.36. The molecule has 0 aliphatic carbocycles. The first-order valence-corrected chi connectivity index (χ1v) is 4.19. The number of fused-ring (bicyclic) bond motifs is 1. The average molecular weight is 188 g/mol. The predicted octanol–water partition coefficient (Wildman–Crippen LogP) is 2.25. The average Bonchev–Trinajstić information content (AvgIpc) is 2.27. The number of rotatable bonds is 1. The van der Waals surface area contributed by atoms with Crippen molar-refractivity contribution in [1.29, 1.82) is 5.41 Å². The third-order valence-electron chi connectivity index (χ3n) is 2.02. The Morgan fingerprint density at radius 3 is 3.00 bits per heavy atom. The zero-order valence-electron chi connectivity index (χ0n) is 7.36. The zero-order chi connectivity index (χ0) is 9.97. The first kappa shape index (κ1) is 8.62. The second kappa shape index (κ2) is 3.41. The first-order chi connectivity index (χ1) is 6.81. The van der Waals surface area contributed by atoms with Gasteiger partial charge in [0, 0.05) is 0 Å². The largest absolute Gasteiger partial charge is 0.453 e. The van der Waals surface area contributed by atoms with Gasteiger partial charge in [0.05, 0.1) is 0 Å². The van der Waals surface area contributed by atoms with Crippen molar-refractivity contribution < 1.29 is 4.74 Å². The van der Waals surface area contributed by atoms with E-state index in [2.05, 4.69) is 5.18 Å². The molecule has 1 aliphatic heterocycles. The highest BCUT2D eigenvalue weighted by atomic mass is 16.5. The van der Waals surface area contributed by atoms with E-state index in [1.807, 2.05) is 18.2 Å². The van der Waals surface area contributed by atoms with E-state index in [1.165, 1.54) is 0 Å². The van der Waals surface area contributed by atoms with E-state index in [-0.39, 0.29) is 11.6 Å². The molecule has 0 aromatic heterocycles. The number of nitrogens with zero attached hydrogens (tertiary/aromatic N) is 1. The molecule has 1 heterocycles. The second-order valence-corrected chi connectivity index (χ2v) is 2.92. The van der Waals surface area contributed by atoms with Crippen molar-refractivity contribution in [2.45, 2.75) is 6.42 Å². The van der Waals surface area contributed by atoms with Crippen LogP contribution in [0.2, 0.25) is 0 Å². The van der Waals surface area contributed by atoms with Gasteiger partial charge in [0.1, 0.15) is 5.75 Å². The third kappa shape index (κ3) is 1.42. The lowest BCUT2D eigenvalue weighted by molar-refractivity contribution is 0.436. The summed E-state index contributed by atoms with van der Waals surface area (Å²) in [5, 5.41) is 9.73. The lowest BCUT2D eigenvalue weighted by Gasteiger charge is -2.15. The van der Waals surface area contributed by atoms with Gasteiger partial charge < -0.3 is 4.74 Å². The Balaban J connectivity index is 2.29. The van der Waals surface area contributed by atoms with E-state index in [9.17, 15) is 4.91 Å². The molecule has 4 nitrogen and oxygen atoms in total. The second-order valence-electron chi connectivity index (χ2n) is 2.92. The number of nitroso groups, excluding NO2 is 1. The molecule has 2 rings (SSSR count). The number of ether oxygens (including phenoxy) is 1. The molecule has 1 N–H and O–H groups in total. The fraction of sp³-hybridized carbons (Fsp3) is 0.100. The number of amidine groups is 1. The van der Waals surface area contributed by atoms with Crippen LogP contribution in [0, 0.1) is 10.3 Å². The summed E-state index contributed by atoms with van der Waals surface area (Å²) in [4.78, 5) is 10.1. The highest BCUT2D eigenvalue weighted by Gasteiger charge is 2.15. The summed E-state index contributed by atoms with van der Waals surface area (Å²) >= 11 is 0. The fourth-order valence-corrected chi connectivity index (χ4v) is 1.32. The van der Waals surface area contributed by atoms with Gasteiger partial charge in [-0.25, -0.2) is 0 Å². The van der Waals surface area contributed by atoms with Crippen LogP contribution in [-0.4, -0.2) is 5.84 Å². The summed E-state index contributed by atoms with van der Waals surface area (Å²) in [7, 11) is 0. The van der Waals surface area contributed by atoms with Crippen LogP contribution in [0.1, 0.15) is 5.56 Å². The highest BCUT2D eigenvalue weighted by molar-refractivity contribution is 5.95. The Labute approximate surface area is 80.7 Å². The van der Waals surface area contributed by atoms with E-state index in [0.29, 0.717) is 12.2 Å². The molecule has 0 spiro atoms. The Kier molecular flexibility index (Phi) is 2.10.